The molecule has 20 aromatic rings. The summed E-state index contributed by atoms with van der Waals surface area (Å²) in [4.78, 5) is 0. The molecule has 4 aromatic heterocycles. The van der Waals surface area contributed by atoms with Gasteiger partial charge in [-0.15, -0.1) is 0 Å². The second-order valence-electron chi connectivity index (χ2n) is 29.1. The van der Waals surface area contributed by atoms with E-state index in [1.807, 2.05) is 0 Å². The average molecular weight is 1300 g/mol. The van der Waals surface area contributed by atoms with Crippen molar-refractivity contribution in [3.8, 4) is 67.3 Å². The summed E-state index contributed by atoms with van der Waals surface area (Å²) in [5.74, 6) is 0. The lowest BCUT2D eigenvalue weighted by atomic mass is 9.81. The van der Waals surface area contributed by atoms with E-state index < -0.39 is 0 Å². The molecule has 0 unspecified atom stereocenters. The van der Waals surface area contributed by atoms with Gasteiger partial charge in [0.2, 0.25) is 0 Å². The minimum atomic E-state index is -0.126. The Morgan fingerprint density at radius 1 is 0.206 bits per heavy atom. The Labute approximate surface area is 591 Å². The van der Waals surface area contributed by atoms with Crippen molar-refractivity contribution in [3.05, 3.63) is 362 Å². The van der Waals surface area contributed by atoms with Crippen LogP contribution in [0.3, 0.4) is 0 Å². The number of rotatable bonds is 6. The van der Waals surface area contributed by atoms with E-state index in [0.717, 1.165) is 0 Å². The maximum atomic E-state index is 2.50. The van der Waals surface area contributed by atoms with E-state index in [1.54, 1.807) is 0 Å². The smallest absolute Gasteiger partial charge is 0.0622 e. The van der Waals surface area contributed by atoms with Crippen molar-refractivity contribution in [1.82, 2.24) is 18.3 Å². The predicted molar refractivity (Wildman–Crippen MR) is 431 cm³/mol. The van der Waals surface area contributed by atoms with Crippen molar-refractivity contribution >= 4 is 109 Å². The number of hydrogen-bond acceptors (Lipinski definition) is 0. The van der Waals surface area contributed by atoms with Gasteiger partial charge in [-0.1, -0.05) is 258 Å². The van der Waals surface area contributed by atoms with Gasteiger partial charge in [0.25, 0.3) is 0 Å². The number of para-hydroxylation sites is 4. The van der Waals surface area contributed by atoms with Crippen LogP contribution in [-0.4, -0.2) is 18.3 Å². The lowest BCUT2D eigenvalue weighted by molar-refractivity contribution is 0.661. The van der Waals surface area contributed by atoms with Crippen molar-refractivity contribution in [2.75, 3.05) is 0 Å². The maximum absolute atomic E-state index is 2.50. The molecule has 0 saturated heterocycles. The second kappa shape index (κ2) is 21.9. The number of aromatic nitrogens is 4. The molecule has 4 nitrogen and oxygen atoms in total. The third-order valence-corrected chi connectivity index (χ3v) is 22.9. The first-order valence-corrected chi connectivity index (χ1v) is 35.7. The molecule has 102 heavy (non-hydrogen) atoms. The zero-order valence-corrected chi connectivity index (χ0v) is 57.1. The Kier molecular flexibility index (Phi) is 12.5. The molecule has 0 radical (unpaired) electrons. The van der Waals surface area contributed by atoms with Crippen molar-refractivity contribution in [3.63, 3.8) is 0 Å². The summed E-state index contributed by atoms with van der Waals surface area (Å²) >= 11 is 0. The molecule has 0 spiro atoms. The first-order chi connectivity index (χ1) is 50.1. The SMILES string of the molecule is CC1(C)c2ccccc2-c2c1ccc1c3cc(-c4ccc5c(c4)c4ccccc4n5-c4ccc5ccccc5c4)ccc3n(-c3ccccc3)c21.CC1(C)c2ccccc2-c2ccc3c4cc(-c5ccc6c(c5)c5ccccc5n6-c5ccc6ccccc6c5)ccc4n(-c4ccccc4)c3c21. The molecule has 480 valence electrons. The van der Waals surface area contributed by atoms with Gasteiger partial charge in [-0.25, -0.2) is 0 Å². The van der Waals surface area contributed by atoms with Crippen LogP contribution in [0.2, 0.25) is 0 Å². The molecule has 4 heterocycles. The molecule has 0 aliphatic heterocycles. The minimum absolute atomic E-state index is 0.0648. The van der Waals surface area contributed by atoms with E-state index in [9.17, 15) is 0 Å². The van der Waals surface area contributed by atoms with Gasteiger partial charge >= 0.3 is 0 Å². The van der Waals surface area contributed by atoms with E-state index in [4.69, 9.17) is 0 Å². The van der Waals surface area contributed by atoms with E-state index in [1.165, 1.54) is 198 Å². The number of nitrogens with zero attached hydrogens (tertiary/aromatic N) is 4. The standard InChI is InChI=1S/2C49H34N2/c1-49(2)42-18-10-8-17-39(42)47-43(49)25-24-38-41-30-34(22-27-46(41)51(48(38)47)35-14-4-3-5-15-35)33-21-26-45-40(29-33)37-16-9-11-19-44(37)50(45)36-23-20-31-12-6-7-13-32(31)28-36;1-49(2)43-18-10-8-16-37(43)39-24-25-40-42-30-34(22-27-46(42)51(48(40)47(39)49)35-14-4-3-5-15-35)33-21-26-45-41(29-33)38-17-9-11-19-44(38)50(45)36-23-20-31-12-6-7-13-32(31)28-36/h2*3-30H,1-2H3. The van der Waals surface area contributed by atoms with E-state index in [-0.39, 0.29) is 10.8 Å². The van der Waals surface area contributed by atoms with Gasteiger partial charge in [-0.2, -0.15) is 0 Å². The summed E-state index contributed by atoms with van der Waals surface area (Å²) in [6.07, 6.45) is 0. The normalized spacial score (nSPS) is 13.5. The quantitative estimate of drug-likeness (QED) is 0.158. The van der Waals surface area contributed by atoms with Crippen LogP contribution < -0.4 is 0 Å². The van der Waals surface area contributed by atoms with E-state index in [2.05, 4.69) is 386 Å². The fraction of sp³-hybridized carbons (Fsp3) is 0.0612. The largest absolute Gasteiger partial charge is 0.309 e. The van der Waals surface area contributed by atoms with Gasteiger partial charge in [0.15, 0.2) is 0 Å². The highest BCUT2D eigenvalue weighted by atomic mass is 15.0. The predicted octanol–water partition coefficient (Wildman–Crippen LogP) is 26.0. The highest BCUT2D eigenvalue weighted by molar-refractivity contribution is 6.19. The fourth-order valence-electron chi connectivity index (χ4n) is 18.2. The third-order valence-electron chi connectivity index (χ3n) is 22.9. The van der Waals surface area contributed by atoms with Gasteiger partial charge in [-0.05, 0) is 192 Å². The fourth-order valence-corrected chi connectivity index (χ4v) is 18.2. The van der Waals surface area contributed by atoms with Crippen molar-refractivity contribution < 1.29 is 0 Å². The van der Waals surface area contributed by atoms with Gasteiger partial charge in [0, 0.05) is 82.2 Å². The number of hydrogen-bond donors (Lipinski definition) is 0. The molecule has 4 heteroatoms. The van der Waals surface area contributed by atoms with E-state index in [0.29, 0.717) is 0 Å². The summed E-state index contributed by atoms with van der Waals surface area (Å²) in [6, 6.07) is 126. The number of fused-ring (bicyclic) bond motifs is 22. The molecule has 2 aliphatic rings. The third kappa shape index (κ3) is 8.44. The van der Waals surface area contributed by atoms with Crippen LogP contribution in [0.1, 0.15) is 49.9 Å². The van der Waals surface area contributed by atoms with E-state index >= 15 is 0 Å². The average Bonchev–Trinajstić information content (AvgIpc) is 1.54. The topological polar surface area (TPSA) is 19.7 Å². The maximum Gasteiger partial charge on any atom is 0.0622 e. The second-order valence-corrected chi connectivity index (χ2v) is 29.1. The summed E-state index contributed by atoms with van der Waals surface area (Å²) in [5.41, 5.74) is 30.4. The van der Waals surface area contributed by atoms with Crippen LogP contribution in [-0.2, 0) is 10.8 Å². The van der Waals surface area contributed by atoms with Crippen molar-refractivity contribution in [2.24, 2.45) is 0 Å². The lowest BCUT2D eigenvalue weighted by Gasteiger charge is -2.23. The first kappa shape index (κ1) is 58.2. The van der Waals surface area contributed by atoms with Gasteiger partial charge in [-0.3, -0.25) is 0 Å². The summed E-state index contributed by atoms with van der Waals surface area (Å²) in [6.45, 7) is 9.51. The van der Waals surface area contributed by atoms with Crippen LogP contribution in [0, 0.1) is 0 Å². The monoisotopic (exact) mass is 1300 g/mol. The minimum Gasteiger partial charge on any atom is -0.309 e. The zero-order valence-electron chi connectivity index (χ0n) is 57.1. The summed E-state index contributed by atoms with van der Waals surface area (Å²) < 4.78 is 9.82. The molecule has 2 aliphatic carbocycles. The highest BCUT2D eigenvalue weighted by Gasteiger charge is 2.40. The van der Waals surface area contributed by atoms with Crippen LogP contribution in [0.4, 0.5) is 0 Å². The van der Waals surface area contributed by atoms with Crippen LogP contribution in [0.25, 0.3) is 176 Å². The Hall–Kier alpha value is -12.8. The Morgan fingerprint density at radius 3 is 1.11 bits per heavy atom. The molecular weight excluding hydrogens is 1230 g/mol. The molecule has 0 amide bonds. The first-order valence-electron chi connectivity index (χ1n) is 35.7. The zero-order chi connectivity index (χ0) is 67.7. The van der Waals surface area contributed by atoms with Crippen LogP contribution in [0.15, 0.2) is 340 Å². The summed E-state index contributed by atoms with van der Waals surface area (Å²) in [5, 5.41) is 15.2. The van der Waals surface area contributed by atoms with Crippen LogP contribution in [0.5, 0.6) is 0 Å². The Bertz CT molecular complexity index is 6930. The molecule has 0 bridgehead atoms. The highest BCUT2D eigenvalue weighted by Crippen LogP contribution is 2.55. The molecular formula is C98H68N4. The van der Waals surface area contributed by atoms with Gasteiger partial charge < -0.3 is 18.3 Å². The molecule has 0 N–H and O–H groups in total. The summed E-state index contributed by atoms with van der Waals surface area (Å²) in [7, 11) is 0. The molecule has 0 fully saturated rings. The molecule has 22 rings (SSSR count). The number of benzene rings is 16. The molecule has 0 atom stereocenters. The van der Waals surface area contributed by atoms with Crippen molar-refractivity contribution in [2.45, 2.75) is 38.5 Å². The van der Waals surface area contributed by atoms with Gasteiger partial charge in [0.1, 0.15) is 0 Å². The Balaban J connectivity index is 0.000000133. The lowest BCUT2D eigenvalue weighted by Crippen LogP contribution is -2.16. The Morgan fingerprint density at radius 2 is 0.588 bits per heavy atom. The molecule has 0 saturated carbocycles. The van der Waals surface area contributed by atoms with Gasteiger partial charge in [0.05, 0.1) is 44.1 Å². The molecule has 16 aromatic carbocycles. The van der Waals surface area contributed by atoms with Crippen molar-refractivity contribution in [1.29, 1.82) is 0 Å². The van der Waals surface area contributed by atoms with Crippen LogP contribution >= 0.6 is 0 Å².